The highest BCUT2D eigenvalue weighted by molar-refractivity contribution is 7.10. The summed E-state index contributed by atoms with van der Waals surface area (Å²) in [5.41, 5.74) is 0. The third-order valence-electron chi connectivity index (χ3n) is 3.54. The Morgan fingerprint density at radius 2 is 2.24 bits per heavy atom. The van der Waals surface area contributed by atoms with Crippen molar-refractivity contribution in [1.82, 2.24) is 10.2 Å². The molecule has 2 atom stereocenters. The first-order valence-electron chi connectivity index (χ1n) is 6.60. The average molecular weight is 252 g/mol. The van der Waals surface area contributed by atoms with Gasteiger partial charge in [-0.25, -0.2) is 0 Å². The van der Waals surface area contributed by atoms with Crippen LogP contribution in [0, 0.1) is 5.92 Å². The molecule has 2 rings (SSSR count). The Labute approximate surface area is 109 Å². The first-order valence-corrected chi connectivity index (χ1v) is 7.48. The van der Waals surface area contributed by atoms with Crippen molar-refractivity contribution in [3.63, 3.8) is 0 Å². The average Bonchev–Trinajstić information content (AvgIpc) is 2.92. The summed E-state index contributed by atoms with van der Waals surface area (Å²) in [7, 11) is 4.33. The zero-order valence-corrected chi connectivity index (χ0v) is 12.0. The monoisotopic (exact) mass is 252 g/mol. The Morgan fingerprint density at radius 1 is 1.47 bits per heavy atom. The lowest BCUT2D eigenvalue weighted by Gasteiger charge is -2.25. The lowest BCUT2D eigenvalue weighted by atomic mass is 10.1. The van der Waals surface area contributed by atoms with Crippen LogP contribution in [0.25, 0.3) is 0 Å². The summed E-state index contributed by atoms with van der Waals surface area (Å²) in [6.07, 6.45) is 4.26. The van der Waals surface area contributed by atoms with Crippen LogP contribution in [0.4, 0.5) is 0 Å². The number of thiophene rings is 1. The molecule has 1 fully saturated rings. The lowest BCUT2D eigenvalue weighted by Crippen LogP contribution is -2.35. The van der Waals surface area contributed by atoms with Crippen LogP contribution in [-0.4, -0.2) is 31.6 Å². The molecular weight excluding hydrogens is 228 g/mol. The van der Waals surface area contributed by atoms with Crippen molar-refractivity contribution in [3.05, 3.63) is 22.4 Å². The second kappa shape index (κ2) is 5.98. The molecule has 1 aromatic heterocycles. The van der Waals surface area contributed by atoms with Crippen molar-refractivity contribution in [1.29, 1.82) is 0 Å². The van der Waals surface area contributed by atoms with Gasteiger partial charge in [0.05, 0.1) is 6.04 Å². The number of rotatable bonds is 7. The fourth-order valence-electron chi connectivity index (χ4n) is 2.27. The summed E-state index contributed by atoms with van der Waals surface area (Å²) in [5.74, 6) is 1.01. The molecule has 17 heavy (non-hydrogen) atoms. The molecule has 1 aliphatic carbocycles. The molecule has 2 nitrogen and oxygen atoms in total. The second-order valence-electron chi connectivity index (χ2n) is 5.48. The maximum Gasteiger partial charge on any atom is 0.0561 e. The molecule has 2 unspecified atom stereocenters. The van der Waals surface area contributed by atoms with Crippen molar-refractivity contribution in [2.24, 2.45) is 5.92 Å². The minimum absolute atomic E-state index is 0.511. The van der Waals surface area contributed by atoms with Gasteiger partial charge in [-0.3, -0.25) is 0 Å². The first-order chi connectivity index (χ1) is 8.16. The van der Waals surface area contributed by atoms with Crippen LogP contribution in [0.5, 0.6) is 0 Å². The molecule has 96 valence electrons. The number of nitrogens with zero attached hydrogens (tertiary/aromatic N) is 1. The molecule has 0 aromatic carbocycles. The standard InChI is InChI=1S/C14H24N2S/c1-11(9-12-6-7-12)15-10-13(16(2)3)14-5-4-8-17-14/h4-5,8,11-13,15H,6-7,9-10H2,1-3H3. The van der Waals surface area contributed by atoms with Crippen LogP contribution in [0.2, 0.25) is 0 Å². The molecule has 0 amide bonds. The van der Waals surface area contributed by atoms with Gasteiger partial charge in [-0.1, -0.05) is 18.9 Å². The summed E-state index contributed by atoms with van der Waals surface area (Å²) in [6, 6.07) is 5.55. The van der Waals surface area contributed by atoms with Crippen LogP contribution in [0.3, 0.4) is 0 Å². The predicted octanol–water partition coefficient (Wildman–Crippen LogP) is 3.13. The van der Waals surface area contributed by atoms with Gasteiger partial charge in [-0.05, 0) is 44.8 Å². The molecule has 1 heterocycles. The molecule has 1 N–H and O–H groups in total. The van der Waals surface area contributed by atoms with Crippen molar-refractivity contribution >= 4 is 11.3 Å². The molecule has 1 saturated carbocycles. The van der Waals surface area contributed by atoms with Gasteiger partial charge in [-0.15, -0.1) is 11.3 Å². The topological polar surface area (TPSA) is 15.3 Å². The molecule has 1 aromatic rings. The van der Waals surface area contributed by atoms with Crippen molar-refractivity contribution in [2.75, 3.05) is 20.6 Å². The van der Waals surface area contributed by atoms with E-state index in [-0.39, 0.29) is 0 Å². The van der Waals surface area contributed by atoms with Gasteiger partial charge in [0.25, 0.3) is 0 Å². The van der Waals surface area contributed by atoms with E-state index in [1.165, 1.54) is 24.1 Å². The van der Waals surface area contributed by atoms with Gasteiger partial charge < -0.3 is 10.2 Å². The quantitative estimate of drug-likeness (QED) is 0.802. The molecule has 0 spiro atoms. The van der Waals surface area contributed by atoms with E-state index in [1.807, 2.05) is 11.3 Å². The fraction of sp³-hybridized carbons (Fsp3) is 0.714. The van der Waals surface area contributed by atoms with Gasteiger partial charge in [-0.2, -0.15) is 0 Å². The summed E-state index contributed by atoms with van der Waals surface area (Å²) in [5, 5.41) is 5.85. The summed E-state index contributed by atoms with van der Waals surface area (Å²) >= 11 is 1.86. The third-order valence-corrected chi connectivity index (χ3v) is 4.51. The Bertz CT molecular complexity index is 317. The molecular formula is C14H24N2S. The smallest absolute Gasteiger partial charge is 0.0561 e. The molecule has 1 aliphatic rings. The van der Waals surface area contributed by atoms with E-state index in [1.54, 1.807) is 0 Å². The number of nitrogens with one attached hydrogen (secondary N) is 1. The Morgan fingerprint density at radius 3 is 2.76 bits per heavy atom. The number of likely N-dealkylation sites (N-methyl/N-ethyl adjacent to an activating group) is 1. The minimum atomic E-state index is 0.511. The Hall–Kier alpha value is -0.380. The van der Waals surface area contributed by atoms with E-state index in [2.05, 4.69) is 48.7 Å². The van der Waals surface area contributed by atoms with Gasteiger partial charge >= 0.3 is 0 Å². The van der Waals surface area contributed by atoms with E-state index in [4.69, 9.17) is 0 Å². The van der Waals surface area contributed by atoms with Gasteiger partial charge in [0.1, 0.15) is 0 Å². The minimum Gasteiger partial charge on any atom is -0.312 e. The lowest BCUT2D eigenvalue weighted by molar-refractivity contribution is 0.282. The molecule has 3 heteroatoms. The van der Waals surface area contributed by atoms with Gasteiger partial charge in [0.15, 0.2) is 0 Å². The van der Waals surface area contributed by atoms with Crippen LogP contribution in [0.15, 0.2) is 17.5 Å². The highest BCUT2D eigenvalue weighted by Gasteiger charge is 2.24. The van der Waals surface area contributed by atoms with Crippen LogP contribution >= 0.6 is 11.3 Å². The van der Waals surface area contributed by atoms with E-state index in [9.17, 15) is 0 Å². The van der Waals surface area contributed by atoms with Crippen molar-refractivity contribution in [2.45, 2.75) is 38.3 Å². The van der Waals surface area contributed by atoms with E-state index in [0.717, 1.165) is 12.5 Å². The summed E-state index contributed by atoms with van der Waals surface area (Å²) in [4.78, 5) is 3.77. The highest BCUT2D eigenvalue weighted by Crippen LogP contribution is 2.33. The SMILES string of the molecule is CC(CC1CC1)NCC(c1cccs1)N(C)C. The van der Waals surface area contributed by atoms with E-state index in [0.29, 0.717) is 12.1 Å². The second-order valence-corrected chi connectivity index (χ2v) is 6.46. The van der Waals surface area contributed by atoms with E-state index < -0.39 is 0 Å². The number of hydrogen-bond acceptors (Lipinski definition) is 3. The molecule has 0 bridgehead atoms. The van der Waals surface area contributed by atoms with Crippen LogP contribution in [-0.2, 0) is 0 Å². The Kier molecular flexibility index (Phi) is 4.60. The largest absolute Gasteiger partial charge is 0.312 e. The van der Waals surface area contributed by atoms with E-state index >= 15 is 0 Å². The van der Waals surface area contributed by atoms with Crippen LogP contribution in [0.1, 0.15) is 37.1 Å². The summed E-state index contributed by atoms with van der Waals surface area (Å²) < 4.78 is 0. The fourth-order valence-corrected chi connectivity index (χ4v) is 3.19. The maximum absolute atomic E-state index is 3.69. The zero-order chi connectivity index (χ0) is 12.3. The Balaban J connectivity index is 1.81. The van der Waals surface area contributed by atoms with Crippen molar-refractivity contribution < 1.29 is 0 Å². The maximum atomic E-state index is 3.69. The molecule has 0 radical (unpaired) electrons. The summed E-state index contributed by atoms with van der Waals surface area (Å²) in [6.45, 7) is 3.38. The predicted molar refractivity (Wildman–Crippen MR) is 75.6 cm³/mol. The third kappa shape index (κ3) is 4.09. The normalized spacial score (nSPS) is 19.5. The number of hydrogen-bond donors (Lipinski definition) is 1. The first kappa shape index (κ1) is 13.1. The van der Waals surface area contributed by atoms with Crippen LogP contribution < -0.4 is 5.32 Å². The molecule has 0 saturated heterocycles. The zero-order valence-electron chi connectivity index (χ0n) is 11.1. The highest BCUT2D eigenvalue weighted by atomic mass is 32.1. The van der Waals surface area contributed by atoms with Gasteiger partial charge in [0.2, 0.25) is 0 Å². The van der Waals surface area contributed by atoms with Gasteiger partial charge in [0, 0.05) is 17.5 Å². The van der Waals surface area contributed by atoms with Crippen molar-refractivity contribution in [3.8, 4) is 0 Å². The molecule has 0 aliphatic heterocycles.